The SMILES string of the molecule is COc1cc2ccc1OCC(=O)N[C@@H](C)C(=O)N(C)CCCCN(C(=O)[C@@H]1CCCN1)CCCNC2=O.Cl. The highest BCUT2D eigenvalue weighted by atomic mass is 35.5. The zero-order valence-electron chi connectivity index (χ0n) is 22.4. The molecule has 3 aliphatic heterocycles. The lowest BCUT2D eigenvalue weighted by Gasteiger charge is -2.27. The number of likely N-dealkylation sites (N-methyl/N-ethyl adjacent to an activating group) is 1. The molecule has 1 aromatic carbocycles. The second kappa shape index (κ2) is 15.4. The number of hydrogen-bond acceptors (Lipinski definition) is 7. The summed E-state index contributed by atoms with van der Waals surface area (Å²) in [4.78, 5) is 54.3. The van der Waals surface area contributed by atoms with Crippen LogP contribution in [0, 0.1) is 0 Å². The molecule has 2 bridgehead atoms. The lowest BCUT2D eigenvalue weighted by Crippen LogP contribution is -2.47. The minimum atomic E-state index is -0.713. The summed E-state index contributed by atoms with van der Waals surface area (Å²) in [5.41, 5.74) is 0.393. The molecule has 0 saturated carbocycles. The summed E-state index contributed by atoms with van der Waals surface area (Å²) in [6.45, 7) is 4.21. The summed E-state index contributed by atoms with van der Waals surface area (Å²) in [7, 11) is 3.16. The zero-order chi connectivity index (χ0) is 26.8. The van der Waals surface area contributed by atoms with Gasteiger partial charge >= 0.3 is 0 Å². The minimum absolute atomic E-state index is 0. The predicted molar refractivity (Wildman–Crippen MR) is 145 cm³/mol. The van der Waals surface area contributed by atoms with E-state index in [1.54, 1.807) is 37.1 Å². The van der Waals surface area contributed by atoms with Gasteiger partial charge in [-0.25, -0.2) is 0 Å². The molecule has 3 heterocycles. The molecule has 0 spiro atoms. The Morgan fingerprint density at radius 2 is 1.79 bits per heavy atom. The first-order valence-corrected chi connectivity index (χ1v) is 13.0. The largest absolute Gasteiger partial charge is 0.493 e. The number of amides is 4. The van der Waals surface area contributed by atoms with Gasteiger partial charge in [0.05, 0.1) is 13.2 Å². The highest BCUT2D eigenvalue weighted by Gasteiger charge is 2.27. The Balaban J connectivity index is 0.00000507. The van der Waals surface area contributed by atoms with Crippen LogP contribution in [-0.2, 0) is 14.4 Å². The van der Waals surface area contributed by atoms with E-state index in [0.717, 1.165) is 32.2 Å². The molecule has 1 aromatic rings. The predicted octanol–water partition coefficient (Wildman–Crippen LogP) is 0.953. The number of ether oxygens (including phenoxy) is 2. The van der Waals surface area contributed by atoms with Gasteiger partial charge in [-0.2, -0.15) is 0 Å². The summed E-state index contributed by atoms with van der Waals surface area (Å²) < 4.78 is 10.9. The number of hydrogen-bond donors (Lipinski definition) is 3. The summed E-state index contributed by atoms with van der Waals surface area (Å²) >= 11 is 0. The maximum Gasteiger partial charge on any atom is 0.258 e. The fraction of sp³-hybridized carbons (Fsp3) is 0.615. The number of nitrogens with zero attached hydrogens (tertiary/aromatic N) is 2. The van der Waals surface area contributed by atoms with Gasteiger partial charge in [-0.15, -0.1) is 12.4 Å². The van der Waals surface area contributed by atoms with Crippen LogP contribution < -0.4 is 25.4 Å². The van der Waals surface area contributed by atoms with Gasteiger partial charge in [0.25, 0.3) is 11.8 Å². The molecular formula is C26H40ClN5O6. The van der Waals surface area contributed by atoms with E-state index in [4.69, 9.17) is 9.47 Å². The number of rotatable bonds is 2. The Labute approximate surface area is 230 Å². The van der Waals surface area contributed by atoms with Gasteiger partial charge in [-0.1, -0.05) is 0 Å². The fourth-order valence-electron chi connectivity index (χ4n) is 4.53. The number of carbonyl (C=O) groups is 4. The molecule has 1 fully saturated rings. The van der Waals surface area contributed by atoms with Crippen molar-refractivity contribution in [2.45, 2.75) is 51.1 Å². The fourth-order valence-corrected chi connectivity index (χ4v) is 4.53. The van der Waals surface area contributed by atoms with Gasteiger partial charge in [-0.3, -0.25) is 19.2 Å². The van der Waals surface area contributed by atoms with E-state index in [1.807, 2.05) is 4.90 Å². The molecule has 4 rings (SSSR count). The smallest absolute Gasteiger partial charge is 0.258 e. The molecule has 0 radical (unpaired) electrons. The molecule has 0 aliphatic carbocycles. The molecule has 3 aliphatic rings. The number of halogens is 1. The van der Waals surface area contributed by atoms with Crippen molar-refractivity contribution in [2.75, 3.05) is 53.5 Å². The second-order valence-electron chi connectivity index (χ2n) is 9.49. The first-order valence-electron chi connectivity index (χ1n) is 13.0. The van der Waals surface area contributed by atoms with E-state index in [2.05, 4.69) is 16.0 Å². The van der Waals surface area contributed by atoms with Crippen molar-refractivity contribution in [2.24, 2.45) is 0 Å². The summed E-state index contributed by atoms with van der Waals surface area (Å²) in [5, 5.41) is 8.82. The Bertz CT molecular complexity index is 971. The van der Waals surface area contributed by atoms with Crippen LogP contribution in [0.15, 0.2) is 18.2 Å². The Kier molecular flexibility index (Phi) is 12.6. The Morgan fingerprint density at radius 3 is 2.50 bits per heavy atom. The maximum absolute atomic E-state index is 13.1. The molecular weight excluding hydrogens is 514 g/mol. The van der Waals surface area contributed by atoms with Crippen molar-refractivity contribution in [1.29, 1.82) is 0 Å². The van der Waals surface area contributed by atoms with E-state index in [0.29, 0.717) is 49.7 Å². The molecule has 2 atom stereocenters. The van der Waals surface area contributed by atoms with E-state index in [1.165, 1.54) is 7.11 Å². The van der Waals surface area contributed by atoms with Crippen LogP contribution in [0.2, 0.25) is 0 Å². The van der Waals surface area contributed by atoms with Crippen LogP contribution in [0.25, 0.3) is 0 Å². The van der Waals surface area contributed by atoms with Crippen LogP contribution in [-0.4, -0.2) is 99.0 Å². The molecule has 3 N–H and O–H groups in total. The lowest BCUT2D eigenvalue weighted by molar-refractivity contribution is -0.135. The molecule has 12 heteroatoms. The summed E-state index contributed by atoms with van der Waals surface area (Å²) in [5.74, 6) is -0.197. The topological polar surface area (TPSA) is 129 Å². The summed E-state index contributed by atoms with van der Waals surface area (Å²) in [6.07, 6.45) is 3.89. The molecule has 4 amide bonds. The van der Waals surface area contributed by atoms with Gasteiger partial charge in [0.1, 0.15) is 6.04 Å². The lowest BCUT2D eigenvalue weighted by atomic mass is 10.1. The molecule has 0 unspecified atom stereocenters. The highest BCUT2D eigenvalue weighted by Crippen LogP contribution is 2.28. The van der Waals surface area contributed by atoms with Gasteiger partial charge in [0.15, 0.2) is 18.1 Å². The molecule has 38 heavy (non-hydrogen) atoms. The van der Waals surface area contributed by atoms with Gasteiger partial charge in [0.2, 0.25) is 11.8 Å². The Hall–Kier alpha value is -3.05. The molecule has 1 saturated heterocycles. The van der Waals surface area contributed by atoms with Crippen molar-refractivity contribution in [3.63, 3.8) is 0 Å². The van der Waals surface area contributed by atoms with Crippen molar-refractivity contribution in [3.8, 4) is 11.5 Å². The van der Waals surface area contributed by atoms with E-state index >= 15 is 0 Å². The maximum atomic E-state index is 13.1. The number of fused-ring (bicyclic) bond motifs is 18. The van der Waals surface area contributed by atoms with Gasteiger partial charge in [-0.05, 0) is 63.8 Å². The van der Waals surface area contributed by atoms with E-state index in [-0.39, 0.29) is 42.8 Å². The third-order valence-corrected chi connectivity index (χ3v) is 6.64. The van der Waals surface area contributed by atoms with Crippen LogP contribution in [0.3, 0.4) is 0 Å². The third-order valence-electron chi connectivity index (χ3n) is 6.64. The van der Waals surface area contributed by atoms with Gasteiger partial charge < -0.3 is 35.2 Å². The number of methoxy groups -OCH3 is 1. The zero-order valence-corrected chi connectivity index (χ0v) is 23.2. The normalized spacial score (nSPS) is 22.4. The van der Waals surface area contributed by atoms with Crippen molar-refractivity contribution in [3.05, 3.63) is 23.8 Å². The quantitative estimate of drug-likeness (QED) is 0.465. The average molecular weight is 554 g/mol. The van der Waals surface area contributed by atoms with E-state index in [9.17, 15) is 19.2 Å². The molecule has 212 valence electrons. The van der Waals surface area contributed by atoms with E-state index < -0.39 is 11.9 Å². The van der Waals surface area contributed by atoms with Crippen molar-refractivity contribution >= 4 is 36.0 Å². The van der Waals surface area contributed by atoms with Crippen molar-refractivity contribution in [1.82, 2.24) is 25.8 Å². The number of benzene rings is 1. The van der Waals surface area contributed by atoms with Crippen LogP contribution >= 0.6 is 12.4 Å². The van der Waals surface area contributed by atoms with Crippen LogP contribution in [0.5, 0.6) is 11.5 Å². The first kappa shape index (κ1) is 31.2. The highest BCUT2D eigenvalue weighted by molar-refractivity contribution is 5.95. The van der Waals surface area contributed by atoms with Gasteiger partial charge in [0, 0.05) is 38.8 Å². The third kappa shape index (κ3) is 8.76. The van der Waals surface area contributed by atoms with Crippen molar-refractivity contribution < 1.29 is 28.7 Å². The number of nitrogens with one attached hydrogen (secondary N) is 3. The monoisotopic (exact) mass is 553 g/mol. The first-order chi connectivity index (χ1) is 17.8. The molecule has 0 aromatic heterocycles. The van der Waals surface area contributed by atoms with Crippen LogP contribution in [0.4, 0.5) is 0 Å². The Morgan fingerprint density at radius 1 is 1.05 bits per heavy atom. The number of carbonyl (C=O) groups excluding carboxylic acids is 4. The molecule has 11 nitrogen and oxygen atoms in total. The minimum Gasteiger partial charge on any atom is -0.493 e. The second-order valence-corrected chi connectivity index (χ2v) is 9.49. The standard InChI is InChI=1S/C26H39N5O6.ClH/c1-18-25(34)30(2)13-4-5-14-31(26(35)20-8-6-11-27-20)15-7-12-28-24(33)19-9-10-21(22(16-19)36-3)37-17-23(32)29-18;/h9-10,16,18,20,27H,4-8,11-15,17H2,1-3H3,(H,28,33)(H,29,32);1H/t18-,20-;/m0./s1. The van der Waals surface area contributed by atoms with Crippen LogP contribution in [0.1, 0.15) is 49.4 Å². The summed E-state index contributed by atoms with van der Waals surface area (Å²) in [6, 6.07) is 3.84. The average Bonchev–Trinajstić information content (AvgIpc) is 3.44.